The lowest BCUT2D eigenvalue weighted by Gasteiger charge is -2.16. The van der Waals surface area contributed by atoms with Crippen molar-refractivity contribution in [2.75, 3.05) is 19.9 Å². The number of rotatable bonds is 7. The number of alkyl halides is 3. The highest BCUT2D eigenvalue weighted by Crippen LogP contribution is 2.39. The van der Waals surface area contributed by atoms with Gasteiger partial charge in [-0.1, -0.05) is 29.8 Å². The SMILES string of the molecule is COc1cccc2c(=O)c(-c3cccc(C(F)(F)F)c3Cl)nn(CCCNS(C)(=O)=O)c12. The second kappa shape index (κ2) is 9.08. The third-order valence-corrected chi connectivity index (χ3v) is 5.76. The summed E-state index contributed by atoms with van der Waals surface area (Å²) >= 11 is 6.03. The maximum absolute atomic E-state index is 13.3. The number of sulfonamides is 1. The molecule has 1 aromatic heterocycles. The Morgan fingerprint density at radius 2 is 1.88 bits per heavy atom. The van der Waals surface area contributed by atoms with E-state index in [-0.39, 0.29) is 29.7 Å². The molecule has 0 saturated carbocycles. The van der Waals surface area contributed by atoms with Gasteiger partial charge in [0.2, 0.25) is 15.5 Å². The first-order valence-electron chi connectivity index (χ1n) is 9.32. The van der Waals surface area contributed by atoms with Gasteiger partial charge in [-0.2, -0.15) is 18.3 Å². The van der Waals surface area contributed by atoms with Gasteiger partial charge in [0, 0.05) is 18.7 Å². The Kier molecular flexibility index (Phi) is 6.82. The summed E-state index contributed by atoms with van der Waals surface area (Å²) in [4.78, 5) is 13.2. The predicted molar refractivity (Wildman–Crippen MR) is 115 cm³/mol. The molecule has 0 aliphatic rings. The Labute approximate surface area is 186 Å². The molecule has 0 aliphatic carbocycles. The Morgan fingerprint density at radius 3 is 2.50 bits per heavy atom. The number of ether oxygens (including phenoxy) is 1. The summed E-state index contributed by atoms with van der Waals surface area (Å²) in [6.45, 7) is 0.256. The molecule has 0 spiro atoms. The van der Waals surface area contributed by atoms with Crippen molar-refractivity contribution in [3.8, 4) is 17.0 Å². The molecule has 0 atom stereocenters. The third kappa shape index (κ3) is 5.05. The first-order valence-corrected chi connectivity index (χ1v) is 11.6. The zero-order valence-corrected chi connectivity index (χ0v) is 18.6. The number of halogens is 4. The van der Waals surface area contributed by atoms with Crippen LogP contribution in [0.3, 0.4) is 0 Å². The maximum Gasteiger partial charge on any atom is 0.417 e. The molecule has 0 amide bonds. The highest BCUT2D eigenvalue weighted by molar-refractivity contribution is 7.88. The average Bonchev–Trinajstić information content (AvgIpc) is 2.71. The van der Waals surface area contributed by atoms with E-state index < -0.39 is 32.2 Å². The zero-order valence-electron chi connectivity index (χ0n) is 17.0. The third-order valence-electron chi connectivity index (χ3n) is 4.63. The summed E-state index contributed by atoms with van der Waals surface area (Å²) < 4.78 is 71.6. The van der Waals surface area contributed by atoms with Crippen LogP contribution in [-0.2, 0) is 22.7 Å². The second-order valence-electron chi connectivity index (χ2n) is 6.94. The summed E-state index contributed by atoms with van der Waals surface area (Å²) in [6.07, 6.45) is -3.38. The number of methoxy groups -OCH3 is 1. The molecule has 0 fully saturated rings. The van der Waals surface area contributed by atoms with Crippen LogP contribution in [0.5, 0.6) is 5.75 Å². The van der Waals surface area contributed by atoms with Crippen molar-refractivity contribution in [3.63, 3.8) is 0 Å². The predicted octanol–water partition coefficient (Wildman–Crippen LogP) is 3.68. The Balaban J connectivity index is 2.19. The number of nitrogens with one attached hydrogen (secondary N) is 1. The van der Waals surface area contributed by atoms with Gasteiger partial charge in [0.25, 0.3) is 0 Å². The zero-order chi connectivity index (χ0) is 23.7. The molecule has 0 radical (unpaired) electrons. The maximum atomic E-state index is 13.3. The first kappa shape index (κ1) is 24.0. The molecule has 0 bridgehead atoms. The highest BCUT2D eigenvalue weighted by Gasteiger charge is 2.34. The Morgan fingerprint density at radius 1 is 1.19 bits per heavy atom. The van der Waals surface area contributed by atoms with E-state index in [0.29, 0.717) is 17.7 Å². The van der Waals surface area contributed by atoms with E-state index in [1.807, 2.05) is 0 Å². The molecule has 0 aliphatic heterocycles. The molecular weight excluding hydrogens is 471 g/mol. The van der Waals surface area contributed by atoms with E-state index in [2.05, 4.69) is 9.82 Å². The van der Waals surface area contributed by atoms with Crippen LogP contribution in [-0.4, -0.2) is 38.1 Å². The van der Waals surface area contributed by atoms with E-state index in [9.17, 15) is 26.4 Å². The molecule has 2 aromatic carbocycles. The summed E-state index contributed by atoms with van der Waals surface area (Å²) in [6, 6.07) is 7.98. The van der Waals surface area contributed by atoms with Gasteiger partial charge in [0.15, 0.2) is 0 Å². The summed E-state index contributed by atoms with van der Waals surface area (Å²) in [5.74, 6) is 0.338. The lowest BCUT2D eigenvalue weighted by molar-refractivity contribution is -0.137. The van der Waals surface area contributed by atoms with Crippen LogP contribution >= 0.6 is 11.6 Å². The number of hydrogen-bond donors (Lipinski definition) is 1. The molecule has 7 nitrogen and oxygen atoms in total. The van der Waals surface area contributed by atoms with Crippen LogP contribution in [0.25, 0.3) is 22.2 Å². The van der Waals surface area contributed by atoms with E-state index in [1.165, 1.54) is 23.9 Å². The summed E-state index contributed by atoms with van der Waals surface area (Å²) in [5, 5.41) is 3.84. The van der Waals surface area contributed by atoms with Gasteiger partial charge < -0.3 is 4.74 Å². The number of para-hydroxylation sites is 1. The minimum absolute atomic E-state index is 0.100. The minimum Gasteiger partial charge on any atom is -0.494 e. The van der Waals surface area contributed by atoms with Gasteiger partial charge in [-0.3, -0.25) is 9.48 Å². The Bertz CT molecular complexity index is 1320. The quantitative estimate of drug-likeness (QED) is 0.511. The van der Waals surface area contributed by atoms with Crippen LogP contribution in [0.1, 0.15) is 12.0 Å². The van der Waals surface area contributed by atoms with Gasteiger partial charge >= 0.3 is 6.18 Å². The van der Waals surface area contributed by atoms with Crippen LogP contribution in [0.15, 0.2) is 41.2 Å². The number of hydrogen-bond acceptors (Lipinski definition) is 5. The highest BCUT2D eigenvalue weighted by atomic mass is 35.5. The van der Waals surface area contributed by atoms with E-state index in [4.69, 9.17) is 16.3 Å². The van der Waals surface area contributed by atoms with Gasteiger partial charge in [-0.05, 0) is 24.6 Å². The largest absolute Gasteiger partial charge is 0.494 e. The normalized spacial score (nSPS) is 12.3. The molecular formula is C20H19ClF3N3O4S. The number of aryl methyl sites for hydroxylation is 1. The molecule has 0 unspecified atom stereocenters. The van der Waals surface area contributed by atoms with Gasteiger partial charge in [0.05, 0.1) is 29.3 Å². The number of benzene rings is 2. The molecule has 1 heterocycles. The van der Waals surface area contributed by atoms with Crippen molar-refractivity contribution >= 4 is 32.5 Å². The summed E-state index contributed by atoms with van der Waals surface area (Å²) in [7, 11) is -1.99. The Hall–Kier alpha value is -2.63. The van der Waals surface area contributed by atoms with E-state index in [0.717, 1.165) is 18.4 Å². The van der Waals surface area contributed by atoms with Crippen molar-refractivity contribution in [2.24, 2.45) is 0 Å². The number of nitrogens with zero attached hydrogens (tertiary/aromatic N) is 2. The van der Waals surface area contributed by atoms with Gasteiger partial charge in [-0.25, -0.2) is 13.1 Å². The lowest BCUT2D eigenvalue weighted by atomic mass is 10.0. The fourth-order valence-electron chi connectivity index (χ4n) is 3.24. The van der Waals surface area contributed by atoms with Gasteiger partial charge in [0.1, 0.15) is 17.0 Å². The fraction of sp³-hybridized carbons (Fsp3) is 0.300. The first-order chi connectivity index (χ1) is 14.9. The minimum atomic E-state index is -4.70. The average molecular weight is 490 g/mol. The van der Waals surface area contributed by atoms with Crippen LogP contribution < -0.4 is 14.9 Å². The molecule has 0 saturated heterocycles. The number of fused-ring (bicyclic) bond motifs is 1. The summed E-state index contributed by atoms with van der Waals surface area (Å²) in [5.41, 5.74) is -1.75. The number of aromatic nitrogens is 2. The second-order valence-corrected chi connectivity index (χ2v) is 9.15. The van der Waals surface area contributed by atoms with E-state index >= 15 is 0 Å². The smallest absolute Gasteiger partial charge is 0.417 e. The van der Waals surface area contributed by atoms with E-state index in [1.54, 1.807) is 12.1 Å². The molecule has 12 heteroatoms. The lowest BCUT2D eigenvalue weighted by Crippen LogP contribution is -2.25. The molecule has 3 rings (SSSR count). The van der Waals surface area contributed by atoms with Crippen molar-refractivity contribution in [1.29, 1.82) is 0 Å². The van der Waals surface area contributed by atoms with Crippen molar-refractivity contribution in [3.05, 3.63) is 57.2 Å². The van der Waals surface area contributed by atoms with Crippen molar-refractivity contribution in [2.45, 2.75) is 19.1 Å². The topological polar surface area (TPSA) is 90.3 Å². The van der Waals surface area contributed by atoms with Crippen LogP contribution in [0.2, 0.25) is 5.02 Å². The molecule has 32 heavy (non-hydrogen) atoms. The standard InChI is InChI=1S/C20H19ClF3N3O4S/c1-31-15-9-4-7-13-18(15)27(11-5-10-25-32(2,29)30)26-17(19(13)28)12-6-3-8-14(16(12)21)20(22,23)24/h3-4,6-9,25H,5,10-11H2,1-2H3. The van der Waals surface area contributed by atoms with Crippen LogP contribution in [0, 0.1) is 0 Å². The fourth-order valence-corrected chi connectivity index (χ4v) is 4.08. The van der Waals surface area contributed by atoms with Crippen molar-refractivity contribution < 1.29 is 26.3 Å². The molecule has 1 N–H and O–H groups in total. The molecule has 172 valence electrons. The monoisotopic (exact) mass is 489 g/mol. The van der Waals surface area contributed by atoms with Crippen molar-refractivity contribution in [1.82, 2.24) is 14.5 Å². The van der Waals surface area contributed by atoms with Gasteiger partial charge in [-0.15, -0.1) is 0 Å². The molecule has 3 aromatic rings. The van der Waals surface area contributed by atoms with Crippen LogP contribution in [0.4, 0.5) is 13.2 Å².